The van der Waals surface area contributed by atoms with Crippen LogP contribution in [0.1, 0.15) is 38.1 Å². The first-order valence-electron chi connectivity index (χ1n) is 8.24. The average Bonchev–Trinajstić information content (AvgIpc) is 2.54. The Morgan fingerprint density at radius 2 is 2.00 bits per heavy atom. The number of benzene rings is 1. The van der Waals surface area contributed by atoms with Crippen molar-refractivity contribution in [3.8, 4) is 5.75 Å². The van der Waals surface area contributed by atoms with E-state index in [-0.39, 0.29) is 5.91 Å². The molecule has 1 aromatic rings. The van der Waals surface area contributed by atoms with Crippen LogP contribution in [0.25, 0.3) is 0 Å². The molecule has 1 aromatic carbocycles. The van der Waals surface area contributed by atoms with Gasteiger partial charge in [-0.3, -0.25) is 4.79 Å². The molecule has 7 heteroatoms. The maximum absolute atomic E-state index is 12.5. The van der Waals surface area contributed by atoms with Crippen molar-refractivity contribution in [2.24, 2.45) is 0 Å². The summed E-state index contributed by atoms with van der Waals surface area (Å²) in [5, 5.41) is 12.8. The highest BCUT2D eigenvalue weighted by atomic mass is 35.5. The molecule has 0 radical (unpaired) electrons. The van der Waals surface area contributed by atoms with E-state index in [1.165, 1.54) is 12.1 Å². The fourth-order valence-electron chi connectivity index (χ4n) is 2.11. The fourth-order valence-corrected chi connectivity index (χ4v) is 2.27. The van der Waals surface area contributed by atoms with Gasteiger partial charge in [0.05, 0.1) is 22.4 Å². The topological polar surface area (TPSA) is 87.8 Å². The van der Waals surface area contributed by atoms with E-state index in [4.69, 9.17) is 22.1 Å². The highest BCUT2D eigenvalue weighted by molar-refractivity contribution is 6.33. The Morgan fingerprint density at radius 3 is 2.54 bits per heavy atom. The molecule has 6 nitrogen and oxygen atoms in total. The molecule has 0 saturated carbocycles. The first-order chi connectivity index (χ1) is 11.3. The second-order valence-corrected chi connectivity index (χ2v) is 6.12. The van der Waals surface area contributed by atoms with Crippen LogP contribution in [0.4, 0.5) is 5.69 Å². The Balaban J connectivity index is 2.87. The number of aliphatic hydroxyl groups excluding tert-OH is 1. The summed E-state index contributed by atoms with van der Waals surface area (Å²) in [5.74, 6) is 0.0301. The van der Waals surface area contributed by atoms with E-state index >= 15 is 0 Å². The second kappa shape index (κ2) is 9.71. The third-order valence-electron chi connectivity index (χ3n) is 3.94. The molecule has 1 amide bonds. The molecule has 136 valence electrons. The van der Waals surface area contributed by atoms with E-state index < -0.39 is 12.2 Å². The third-order valence-corrected chi connectivity index (χ3v) is 4.27. The van der Waals surface area contributed by atoms with Crippen LogP contribution in [0.3, 0.4) is 0 Å². The number of carbonyl (C=O) groups excluding carboxylic acids is 1. The zero-order chi connectivity index (χ0) is 18.3. The van der Waals surface area contributed by atoms with Gasteiger partial charge in [-0.15, -0.1) is 0 Å². The minimum absolute atomic E-state index is 0.281. The molecule has 0 saturated heterocycles. The Bertz CT molecular complexity index is 548. The monoisotopic (exact) mass is 357 g/mol. The predicted molar refractivity (Wildman–Crippen MR) is 97.8 cm³/mol. The summed E-state index contributed by atoms with van der Waals surface area (Å²) in [6, 6.07) is 3.01. The van der Waals surface area contributed by atoms with Crippen LogP contribution in [0.15, 0.2) is 12.1 Å². The number of hydrogen-bond donors (Lipinski definition) is 3. The number of nitrogens with two attached hydrogens (primary N) is 1. The third kappa shape index (κ3) is 5.85. The number of amides is 1. The molecule has 0 unspecified atom stereocenters. The van der Waals surface area contributed by atoms with Crippen LogP contribution in [0.2, 0.25) is 5.02 Å². The number of hydrogen-bond acceptors (Lipinski definition) is 5. The van der Waals surface area contributed by atoms with Crippen LogP contribution in [0, 0.1) is 0 Å². The van der Waals surface area contributed by atoms with Crippen molar-refractivity contribution >= 4 is 23.2 Å². The number of nitrogens with one attached hydrogen (secondary N) is 1. The lowest BCUT2D eigenvalue weighted by atomic mass is 10.1. The van der Waals surface area contributed by atoms with Gasteiger partial charge in [0, 0.05) is 19.2 Å². The normalized spacial score (nSPS) is 13.6. The van der Waals surface area contributed by atoms with E-state index in [1.807, 2.05) is 0 Å². The first-order valence-corrected chi connectivity index (χ1v) is 8.62. The summed E-state index contributed by atoms with van der Waals surface area (Å²) in [6.07, 6.45) is -1.16. The Hall–Kier alpha value is -1.50. The number of nitrogen functional groups attached to an aromatic ring is 1. The fraction of sp³-hybridized carbons (Fsp3) is 0.588. The molecule has 0 aliphatic rings. The van der Waals surface area contributed by atoms with Gasteiger partial charge in [-0.2, -0.15) is 0 Å². The molecule has 1 rings (SSSR count). The molecule has 0 spiro atoms. The lowest BCUT2D eigenvalue weighted by Crippen LogP contribution is -2.35. The molecular weight excluding hydrogens is 330 g/mol. The van der Waals surface area contributed by atoms with Crippen LogP contribution >= 0.6 is 11.6 Å². The molecule has 4 N–H and O–H groups in total. The smallest absolute Gasteiger partial charge is 0.255 e. The molecular formula is C17H28ClN3O3. The number of rotatable bonds is 9. The quantitative estimate of drug-likeness (QED) is 0.589. The lowest BCUT2D eigenvalue weighted by Gasteiger charge is -2.21. The summed E-state index contributed by atoms with van der Waals surface area (Å²) >= 11 is 6.04. The zero-order valence-electron chi connectivity index (χ0n) is 14.8. The Morgan fingerprint density at radius 1 is 1.38 bits per heavy atom. The minimum atomic E-state index is -0.680. The zero-order valence-corrected chi connectivity index (χ0v) is 15.6. The highest BCUT2D eigenvalue weighted by Gasteiger charge is 2.19. The summed E-state index contributed by atoms with van der Waals surface area (Å²) in [7, 11) is 0. The van der Waals surface area contributed by atoms with Gasteiger partial charge in [0.2, 0.25) is 0 Å². The van der Waals surface area contributed by atoms with Gasteiger partial charge in [0.1, 0.15) is 11.9 Å². The molecule has 0 aliphatic carbocycles. The van der Waals surface area contributed by atoms with Crippen molar-refractivity contribution in [1.29, 1.82) is 0 Å². The van der Waals surface area contributed by atoms with Crippen molar-refractivity contribution in [3.05, 3.63) is 22.7 Å². The van der Waals surface area contributed by atoms with Crippen molar-refractivity contribution in [1.82, 2.24) is 10.2 Å². The van der Waals surface area contributed by atoms with Crippen molar-refractivity contribution in [2.75, 3.05) is 31.9 Å². The van der Waals surface area contributed by atoms with Crippen LogP contribution in [-0.4, -0.2) is 54.3 Å². The van der Waals surface area contributed by atoms with Crippen LogP contribution in [0.5, 0.6) is 5.75 Å². The van der Waals surface area contributed by atoms with E-state index in [9.17, 15) is 9.90 Å². The number of halogens is 1. The standard InChI is InChI=1S/C17H28ClN3O3/c1-5-21(6-2)8-7-20-17(23)13-9-14(18)15(19)10-16(13)24-12(4)11(3)22/h9-12,22H,5-8,19H2,1-4H3,(H,20,23)/t11-,12-/m0/s1. The molecule has 0 bridgehead atoms. The lowest BCUT2D eigenvalue weighted by molar-refractivity contribution is 0.0592. The van der Waals surface area contributed by atoms with Gasteiger partial charge < -0.3 is 25.8 Å². The van der Waals surface area contributed by atoms with Gasteiger partial charge in [0.25, 0.3) is 5.91 Å². The van der Waals surface area contributed by atoms with Gasteiger partial charge in [0.15, 0.2) is 0 Å². The van der Waals surface area contributed by atoms with Crippen LogP contribution in [-0.2, 0) is 0 Å². The molecule has 24 heavy (non-hydrogen) atoms. The summed E-state index contributed by atoms with van der Waals surface area (Å²) in [6.45, 7) is 10.6. The van der Waals surface area contributed by atoms with Crippen molar-refractivity contribution in [2.45, 2.75) is 39.9 Å². The molecule has 2 atom stereocenters. The highest BCUT2D eigenvalue weighted by Crippen LogP contribution is 2.30. The minimum Gasteiger partial charge on any atom is -0.487 e. The second-order valence-electron chi connectivity index (χ2n) is 5.72. The number of likely N-dealkylation sites (N-methyl/N-ethyl adjacent to an activating group) is 1. The van der Waals surface area contributed by atoms with Crippen molar-refractivity contribution < 1.29 is 14.6 Å². The largest absolute Gasteiger partial charge is 0.487 e. The maximum atomic E-state index is 12.5. The molecule has 0 heterocycles. The number of aliphatic hydroxyl groups is 1. The van der Waals surface area contributed by atoms with Gasteiger partial charge >= 0.3 is 0 Å². The van der Waals surface area contributed by atoms with Gasteiger partial charge in [-0.1, -0.05) is 25.4 Å². The molecule has 0 aromatic heterocycles. The molecule has 0 aliphatic heterocycles. The van der Waals surface area contributed by atoms with E-state index in [0.717, 1.165) is 19.6 Å². The SMILES string of the molecule is CCN(CC)CCNC(=O)c1cc(Cl)c(N)cc1O[C@@H](C)[C@H](C)O. The first kappa shape index (κ1) is 20.5. The van der Waals surface area contributed by atoms with Crippen LogP contribution < -0.4 is 15.8 Å². The van der Waals surface area contributed by atoms with Gasteiger partial charge in [-0.25, -0.2) is 0 Å². The van der Waals surface area contributed by atoms with E-state index in [1.54, 1.807) is 13.8 Å². The number of carbonyl (C=O) groups is 1. The Kier molecular flexibility index (Phi) is 8.31. The summed E-state index contributed by atoms with van der Waals surface area (Å²) in [4.78, 5) is 14.7. The number of nitrogens with zero attached hydrogens (tertiary/aromatic N) is 1. The van der Waals surface area contributed by atoms with Gasteiger partial charge in [-0.05, 0) is 33.0 Å². The average molecular weight is 358 g/mol. The van der Waals surface area contributed by atoms with E-state index in [0.29, 0.717) is 28.6 Å². The summed E-state index contributed by atoms with van der Waals surface area (Å²) < 4.78 is 5.67. The number of ether oxygens (including phenoxy) is 1. The number of anilines is 1. The Labute approximate surface area is 148 Å². The predicted octanol–water partition coefficient (Wildman–Crippen LogP) is 2.14. The summed E-state index contributed by atoms with van der Waals surface area (Å²) in [5.41, 5.74) is 6.43. The van der Waals surface area contributed by atoms with Crippen molar-refractivity contribution in [3.63, 3.8) is 0 Å². The maximum Gasteiger partial charge on any atom is 0.255 e. The molecule has 0 fully saturated rings. The van der Waals surface area contributed by atoms with E-state index in [2.05, 4.69) is 24.1 Å².